The van der Waals surface area contributed by atoms with E-state index < -0.39 is 0 Å². The SMILES string of the molecule is O=C1c2cccc3c2C(CCC3)C(=O)N1C1CN2CCC1CC2. The number of carbonyl (C=O) groups excluding carboxylic acids is 2. The van der Waals surface area contributed by atoms with E-state index in [1.165, 1.54) is 5.56 Å². The van der Waals surface area contributed by atoms with Gasteiger partial charge in [-0.05, 0) is 68.3 Å². The lowest BCUT2D eigenvalue weighted by Gasteiger charge is -2.50. The van der Waals surface area contributed by atoms with Crippen molar-refractivity contribution in [3.63, 3.8) is 0 Å². The quantitative estimate of drug-likeness (QED) is 0.747. The summed E-state index contributed by atoms with van der Waals surface area (Å²) in [5.74, 6) is 0.460. The van der Waals surface area contributed by atoms with Crippen LogP contribution < -0.4 is 0 Å². The minimum atomic E-state index is -0.0805. The number of hydrogen-bond donors (Lipinski definition) is 0. The Morgan fingerprint density at radius 3 is 2.61 bits per heavy atom. The van der Waals surface area contributed by atoms with Gasteiger partial charge in [0.2, 0.25) is 5.91 Å². The van der Waals surface area contributed by atoms with Crippen molar-refractivity contribution < 1.29 is 9.59 Å². The summed E-state index contributed by atoms with van der Waals surface area (Å²) in [4.78, 5) is 30.4. The number of nitrogens with zero attached hydrogens (tertiary/aromatic N) is 2. The average Bonchev–Trinajstić information content (AvgIpc) is 2.61. The topological polar surface area (TPSA) is 40.6 Å². The number of benzene rings is 1. The van der Waals surface area contributed by atoms with Gasteiger partial charge in [-0.2, -0.15) is 0 Å². The zero-order valence-corrected chi connectivity index (χ0v) is 13.3. The molecule has 5 aliphatic rings. The highest BCUT2D eigenvalue weighted by molar-refractivity contribution is 6.12. The fourth-order valence-corrected chi connectivity index (χ4v) is 5.26. The van der Waals surface area contributed by atoms with Gasteiger partial charge in [0, 0.05) is 12.1 Å². The van der Waals surface area contributed by atoms with Gasteiger partial charge in [0.05, 0.1) is 12.0 Å². The van der Waals surface area contributed by atoms with Crippen LogP contribution in [-0.4, -0.2) is 47.3 Å². The van der Waals surface area contributed by atoms with Crippen molar-refractivity contribution in [2.45, 2.75) is 44.1 Å². The summed E-state index contributed by atoms with van der Waals surface area (Å²) in [6, 6.07) is 6.10. The van der Waals surface area contributed by atoms with Gasteiger partial charge in [0.15, 0.2) is 0 Å². The standard InChI is InChI=1S/C19H22N2O2/c22-18-14-5-1-3-13-4-2-6-15(17(13)14)19(23)21(18)16-11-20-9-7-12(16)8-10-20/h1,3,5,12,15-16H,2,4,6-11H2. The monoisotopic (exact) mass is 310 g/mol. The van der Waals surface area contributed by atoms with Gasteiger partial charge in [0.25, 0.3) is 5.91 Å². The Morgan fingerprint density at radius 2 is 1.87 bits per heavy atom. The molecular weight excluding hydrogens is 288 g/mol. The van der Waals surface area contributed by atoms with Crippen molar-refractivity contribution in [3.05, 3.63) is 34.9 Å². The van der Waals surface area contributed by atoms with E-state index in [1.54, 1.807) is 4.90 Å². The molecule has 0 aromatic heterocycles. The zero-order valence-electron chi connectivity index (χ0n) is 13.3. The average molecular weight is 310 g/mol. The first-order valence-electron chi connectivity index (χ1n) is 8.95. The second-order valence-corrected chi connectivity index (χ2v) is 7.54. The summed E-state index contributed by atoms with van der Waals surface area (Å²) in [7, 11) is 0. The Hall–Kier alpha value is -1.68. The highest BCUT2D eigenvalue weighted by Crippen LogP contribution is 2.42. The van der Waals surface area contributed by atoms with Crippen LogP contribution in [0.4, 0.5) is 0 Å². The maximum absolute atomic E-state index is 13.2. The van der Waals surface area contributed by atoms with Crippen LogP contribution in [0, 0.1) is 5.92 Å². The van der Waals surface area contributed by atoms with E-state index in [1.807, 2.05) is 12.1 Å². The van der Waals surface area contributed by atoms with Crippen LogP contribution in [0.1, 0.15) is 53.1 Å². The molecule has 0 spiro atoms. The van der Waals surface area contributed by atoms with Crippen LogP contribution in [0.2, 0.25) is 0 Å². The molecule has 4 nitrogen and oxygen atoms in total. The molecule has 3 saturated heterocycles. The second kappa shape index (κ2) is 4.91. The van der Waals surface area contributed by atoms with Crippen LogP contribution in [0.15, 0.2) is 18.2 Å². The Morgan fingerprint density at radius 1 is 1.04 bits per heavy atom. The molecule has 4 heterocycles. The van der Waals surface area contributed by atoms with E-state index in [4.69, 9.17) is 0 Å². The molecule has 120 valence electrons. The van der Waals surface area contributed by atoms with Gasteiger partial charge in [-0.25, -0.2) is 0 Å². The molecule has 0 saturated carbocycles. The fraction of sp³-hybridized carbons (Fsp3) is 0.579. The summed E-state index contributed by atoms with van der Waals surface area (Å²) in [6.45, 7) is 3.13. The molecule has 0 radical (unpaired) electrons. The molecule has 1 aromatic rings. The van der Waals surface area contributed by atoms with Gasteiger partial charge in [-0.1, -0.05) is 12.1 Å². The van der Waals surface area contributed by atoms with Crippen molar-refractivity contribution in [1.29, 1.82) is 0 Å². The van der Waals surface area contributed by atoms with E-state index in [2.05, 4.69) is 11.0 Å². The molecule has 2 bridgehead atoms. The van der Waals surface area contributed by atoms with E-state index in [9.17, 15) is 9.59 Å². The highest BCUT2D eigenvalue weighted by Gasteiger charge is 2.48. The number of hydrogen-bond acceptors (Lipinski definition) is 3. The summed E-state index contributed by atoms with van der Waals surface area (Å²) in [6.07, 6.45) is 5.20. The van der Waals surface area contributed by atoms with Crippen molar-refractivity contribution >= 4 is 11.8 Å². The Bertz CT molecular complexity index is 691. The number of rotatable bonds is 1. The first-order valence-corrected chi connectivity index (χ1v) is 8.95. The summed E-state index contributed by atoms with van der Waals surface area (Å²) in [5.41, 5.74) is 3.06. The molecular formula is C19H22N2O2. The maximum Gasteiger partial charge on any atom is 0.261 e. The smallest absolute Gasteiger partial charge is 0.261 e. The third kappa shape index (κ3) is 1.87. The van der Waals surface area contributed by atoms with Crippen LogP contribution in [0.5, 0.6) is 0 Å². The Balaban J connectivity index is 1.59. The van der Waals surface area contributed by atoms with E-state index in [0.717, 1.165) is 62.9 Å². The largest absolute Gasteiger partial charge is 0.301 e. The molecule has 6 rings (SSSR count). The third-order valence-electron chi connectivity index (χ3n) is 6.42. The summed E-state index contributed by atoms with van der Waals surface area (Å²) < 4.78 is 0. The van der Waals surface area contributed by atoms with Crippen LogP contribution in [0.25, 0.3) is 0 Å². The predicted octanol–water partition coefficient (Wildman–Crippen LogP) is 2.18. The number of imide groups is 1. The Kier molecular flexibility index (Phi) is 2.93. The lowest BCUT2D eigenvalue weighted by Crippen LogP contribution is -2.62. The van der Waals surface area contributed by atoms with Crippen molar-refractivity contribution in [3.8, 4) is 0 Å². The highest BCUT2D eigenvalue weighted by atomic mass is 16.2. The van der Waals surface area contributed by atoms with Gasteiger partial charge in [0.1, 0.15) is 0 Å². The molecule has 2 atom stereocenters. The van der Waals surface area contributed by atoms with E-state index in [0.29, 0.717) is 5.92 Å². The van der Waals surface area contributed by atoms with Crippen molar-refractivity contribution in [1.82, 2.24) is 9.80 Å². The molecule has 1 aliphatic carbocycles. The lowest BCUT2D eigenvalue weighted by molar-refractivity contribution is -0.136. The number of fused-ring (bicyclic) bond motifs is 3. The molecule has 2 unspecified atom stereocenters. The second-order valence-electron chi connectivity index (χ2n) is 7.54. The van der Waals surface area contributed by atoms with Crippen LogP contribution in [0.3, 0.4) is 0 Å². The van der Waals surface area contributed by atoms with Crippen molar-refractivity contribution in [2.75, 3.05) is 19.6 Å². The minimum Gasteiger partial charge on any atom is -0.301 e. The predicted molar refractivity (Wildman–Crippen MR) is 86.2 cm³/mol. The zero-order chi connectivity index (χ0) is 15.6. The number of carbonyl (C=O) groups is 2. The van der Waals surface area contributed by atoms with Crippen LogP contribution >= 0.6 is 0 Å². The fourth-order valence-electron chi connectivity index (χ4n) is 5.26. The van der Waals surface area contributed by atoms with Gasteiger partial charge in [-0.15, -0.1) is 0 Å². The van der Waals surface area contributed by atoms with Crippen molar-refractivity contribution in [2.24, 2.45) is 5.92 Å². The summed E-state index contributed by atoms with van der Waals surface area (Å²) >= 11 is 0. The molecule has 2 amide bonds. The van der Waals surface area contributed by atoms with E-state index >= 15 is 0 Å². The normalized spacial score (nSPS) is 35.4. The minimum absolute atomic E-state index is 0.0382. The molecule has 4 aliphatic heterocycles. The van der Waals surface area contributed by atoms with Gasteiger partial charge >= 0.3 is 0 Å². The lowest BCUT2D eigenvalue weighted by atomic mass is 9.75. The van der Waals surface area contributed by atoms with E-state index in [-0.39, 0.29) is 23.8 Å². The number of amides is 2. The molecule has 1 aromatic carbocycles. The first kappa shape index (κ1) is 13.7. The Labute approximate surface area is 136 Å². The molecule has 4 heteroatoms. The van der Waals surface area contributed by atoms with Gasteiger partial charge in [-0.3, -0.25) is 14.5 Å². The number of piperidine rings is 3. The maximum atomic E-state index is 13.2. The van der Waals surface area contributed by atoms with Gasteiger partial charge < -0.3 is 4.90 Å². The summed E-state index contributed by atoms with van der Waals surface area (Å²) in [5, 5.41) is 0. The first-order chi connectivity index (χ1) is 11.2. The number of aryl methyl sites for hydroxylation is 1. The molecule has 3 fully saturated rings. The third-order valence-corrected chi connectivity index (χ3v) is 6.42. The molecule has 23 heavy (non-hydrogen) atoms. The molecule has 0 N–H and O–H groups in total. The van der Waals surface area contributed by atoms with Crippen LogP contribution in [-0.2, 0) is 11.2 Å².